The Hall–Kier alpha value is -1.84. The second kappa shape index (κ2) is 4.12. The van der Waals surface area contributed by atoms with Crippen LogP contribution in [0.2, 0.25) is 0 Å². The Morgan fingerprint density at radius 1 is 1.17 bits per heavy atom. The van der Waals surface area contributed by atoms with Crippen molar-refractivity contribution in [3.8, 4) is 0 Å². The molecule has 1 heterocycles. The van der Waals surface area contributed by atoms with Crippen LogP contribution in [0.3, 0.4) is 0 Å². The molecular formula is C14H18N2O2. The molecule has 0 atom stereocenters. The number of carbonyl (C=O) groups excluding carboxylic acids is 2. The van der Waals surface area contributed by atoms with E-state index in [-0.39, 0.29) is 11.9 Å². The number of aryl methyl sites for hydroxylation is 2. The zero-order valence-corrected chi connectivity index (χ0v) is 11.2. The van der Waals surface area contributed by atoms with Gasteiger partial charge in [-0.05, 0) is 44.4 Å². The van der Waals surface area contributed by atoms with Crippen LogP contribution in [-0.2, 0) is 11.3 Å². The third-order valence-electron chi connectivity index (χ3n) is 3.66. The highest BCUT2D eigenvalue weighted by Gasteiger charge is 2.45. The Morgan fingerprint density at radius 3 is 2.17 bits per heavy atom. The molecule has 0 bridgehead atoms. The fourth-order valence-corrected chi connectivity index (χ4v) is 2.22. The summed E-state index contributed by atoms with van der Waals surface area (Å²) < 4.78 is 0. The number of rotatable bonds is 2. The lowest BCUT2D eigenvalue weighted by molar-refractivity contribution is -0.125. The molecule has 1 aromatic carbocycles. The number of carbonyl (C=O) groups is 2. The minimum absolute atomic E-state index is 0.237. The number of nitrogens with zero attached hydrogens (tertiary/aromatic N) is 1. The van der Waals surface area contributed by atoms with Gasteiger partial charge in [-0.1, -0.05) is 18.2 Å². The maximum atomic E-state index is 11.8. The average Bonchev–Trinajstić information content (AvgIpc) is 2.45. The summed E-state index contributed by atoms with van der Waals surface area (Å²) in [5.74, 6) is -0.237. The van der Waals surface area contributed by atoms with Gasteiger partial charge < -0.3 is 4.90 Å². The molecule has 2 rings (SSSR count). The molecule has 1 fully saturated rings. The smallest absolute Gasteiger partial charge is 0.306 e. The highest BCUT2D eigenvalue weighted by molar-refractivity contribution is 6.06. The van der Waals surface area contributed by atoms with Gasteiger partial charge in [0, 0.05) is 6.54 Å². The van der Waals surface area contributed by atoms with Crippen molar-refractivity contribution in [2.24, 2.45) is 0 Å². The summed E-state index contributed by atoms with van der Waals surface area (Å²) in [6.45, 7) is 8.03. The number of imide groups is 1. The largest absolute Gasteiger partial charge is 0.325 e. The first-order valence-electron chi connectivity index (χ1n) is 6.02. The second-order valence-corrected chi connectivity index (χ2v) is 5.27. The molecule has 1 N–H and O–H groups in total. The number of urea groups is 1. The van der Waals surface area contributed by atoms with E-state index in [2.05, 4.69) is 5.32 Å². The zero-order valence-electron chi connectivity index (χ0n) is 11.2. The molecule has 4 nitrogen and oxygen atoms in total. The summed E-state index contributed by atoms with van der Waals surface area (Å²) in [5.41, 5.74) is 2.59. The van der Waals surface area contributed by atoms with Gasteiger partial charge in [0.2, 0.25) is 0 Å². The van der Waals surface area contributed by atoms with E-state index in [1.54, 1.807) is 18.7 Å². The van der Waals surface area contributed by atoms with Crippen LogP contribution in [0.25, 0.3) is 0 Å². The number of hydrogen-bond donors (Lipinski definition) is 1. The van der Waals surface area contributed by atoms with Crippen molar-refractivity contribution in [1.29, 1.82) is 0 Å². The number of nitrogens with one attached hydrogen (secondary N) is 1. The van der Waals surface area contributed by atoms with Gasteiger partial charge in [0.15, 0.2) is 0 Å². The fraction of sp³-hybridized carbons (Fsp3) is 0.429. The topological polar surface area (TPSA) is 49.4 Å². The Kier molecular flexibility index (Phi) is 2.89. The van der Waals surface area contributed by atoms with Crippen LogP contribution in [0.4, 0.5) is 4.79 Å². The summed E-state index contributed by atoms with van der Waals surface area (Å²) in [6.07, 6.45) is 0. The fourth-order valence-electron chi connectivity index (χ4n) is 2.22. The maximum Gasteiger partial charge on any atom is 0.325 e. The summed E-state index contributed by atoms with van der Waals surface area (Å²) >= 11 is 0. The van der Waals surface area contributed by atoms with Crippen LogP contribution in [0.15, 0.2) is 18.2 Å². The maximum absolute atomic E-state index is 11.8. The first kappa shape index (κ1) is 12.6. The third-order valence-corrected chi connectivity index (χ3v) is 3.66. The van der Waals surface area contributed by atoms with E-state index in [4.69, 9.17) is 0 Å². The Balaban J connectivity index is 2.35. The van der Waals surface area contributed by atoms with Crippen LogP contribution < -0.4 is 5.32 Å². The Bertz CT molecular complexity index is 500. The molecule has 4 heteroatoms. The van der Waals surface area contributed by atoms with Crippen molar-refractivity contribution < 1.29 is 9.59 Å². The normalized spacial score (nSPS) is 18.1. The molecule has 0 saturated carbocycles. The molecule has 3 amide bonds. The second-order valence-electron chi connectivity index (χ2n) is 5.27. The quantitative estimate of drug-likeness (QED) is 0.813. The van der Waals surface area contributed by atoms with Crippen LogP contribution in [0.1, 0.15) is 30.5 Å². The van der Waals surface area contributed by atoms with Crippen molar-refractivity contribution in [2.45, 2.75) is 39.8 Å². The van der Waals surface area contributed by atoms with Crippen molar-refractivity contribution in [2.75, 3.05) is 0 Å². The summed E-state index contributed by atoms with van der Waals surface area (Å²) in [6, 6.07) is 5.72. The Labute approximate surface area is 107 Å². The van der Waals surface area contributed by atoms with E-state index in [9.17, 15) is 9.59 Å². The van der Waals surface area contributed by atoms with Crippen molar-refractivity contribution in [3.05, 3.63) is 34.9 Å². The standard InChI is InChI=1S/C14H18N2O2/c1-9-6-5-7-10(2)11(9)8-16-13(18)15-12(17)14(16,3)4/h5-7H,8H2,1-4H3,(H,15,17,18). The molecule has 1 aliphatic rings. The predicted molar refractivity (Wildman–Crippen MR) is 69.1 cm³/mol. The van der Waals surface area contributed by atoms with Gasteiger partial charge in [0.1, 0.15) is 5.54 Å². The van der Waals surface area contributed by atoms with E-state index in [0.717, 1.165) is 16.7 Å². The van der Waals surface area contributed by atoms with Gasteiger partial charge >= 0.3 is 6.03 Å². The van der Waals surface area contributed by atoms with Crippen LogP contribution >= 0.6 is 0 Å². The minimum Gasteiger partial charge on any atom is -0.306 e. The summed E-state index contributed by atoms with van der Waals surface area (Å²) in [4.78, 5) is 25.1. The molecule has 0 unspecified atom stereocenters. The average molecular weight is 246 g/mol. The minimum atomic E-state index is -0.786. The molecule has 1 aliphatic heterocycles. The summed E-state index contributed by atoms with van der Waals surface area (Å²) in [7, 11) is 0. The van der Waals surface area contributed by atoms with E-state index in [1.165, 1.54) is 0 Å². The van der Waals surface area contributed by atoms with Gasteiger partial charge in [-0.2, -0.15) is 0 Å². The molecule has 1 aromatic rings. The van der Waals surface area contributed by atoms with Gasteiger partial charge in [-0.15, -0.1) is 0 Å². The van der Waals surface area contributed by atoms with Crippen molar-refractivity contribution >= 4 is 11.9 Å². The Morgan fingerprint density at radius 2 is 1.72 bits per heavy atom. The first-order chi connectivity index (χ1) is 8.34. The lowest BCUT2D eigenvalue weighted by Gasteiger charge is -2.29. The molecule has 18 heavy (non-hydrogen) atoms. The van der Waals surface area contributed by atoms with Crippen LogP contribution in [0.5, 0.6) is 0 Å². The lowest BCUT2D eigenvalue weighted by atomic mass is 9.99. The number of amides is 3. The zero-order chi connectivity index (χ0) is 13.5. The van der Waals surface area contributed by atoms with Gasteiger partial charge in [-0.3, -0.25) is 10.1 Å². The highest BCUT2D eigenvalue weighted by Crippen LogP contribution is 2.25. The van der Waals surface area contributed by atoms with Gasteiger partial charge in [-0.25, -0.2) is 4.79 Å². The van der Waals surface area contributed by atoms with E-state index in [0.29, 0.717) is 6.54 Å². The monoisotopic (exact) mass is 246 g/mol. The van der Waals surface area contributed by atoms with Crippen molar-refractivity contribution in [1.82, 2.24) is 10.2 Å². The van der Waals surface area contributed by atoms with Crippen LogP contribution in [0, 0.1) is 13.8 Å². The number of benzene rings is 1. The summed E-state index contributed by atoms with van der Waals surface area (Å²) in [5, 5.41) is 2.36. The van der Waals surface area contributed by atoms with Crippen molar-refractivity contribution in [3.63, 3.8) is 0 Å². The molecule has 0 radical (unpaired) electrons. The molecule has 0 aromatic heterocycles. The van der Waals surface area contributed by atoms with E-state index >= 15 is 0 Å². The lowest BCUT2D eigenvalue weighted by Crippen LogP contribution is -2.43. The highest BCUT2D eigenvalue weighted by atomic mass is 16.2. The van der Waals surface area contributed by atoms with E-state index in [1.807, 2.05) is 32.0 Å². The molecule has 96 valence electrons. The van der Waals surface area contributed by atoms with Crippen LogP contribution in [-0.4, -0.2) is 22.4 Å². The van der Waals surface area contributed by atoms with E-state index < -0.39 is 5.54 Å². The third kappa shape index (κ3) is 1.88. The molecule has 0 spiro atoms. The SMILES string of the molecule is Cc1cccc(C)c1CN1C(=O)NC(=O)C1(C)C. The first-order valence-corrected chi connectivity index (χ1v) is 6.02. The van der Waals surface area contributed by atoms with Gasteiger partial charge in [0.05, 0.1) is 0 Å². The molecule has 1 saturated heterocycles. The predicted octanol–water partition coefficient (Wildman–Crippen LogP) is 2.13. The van der Waals surface area contributed by atoms with Gasteiger partial charge in [0.25, 0.3) is 5.91 Å². The molecule has 0 aliphatic carbocycles. The number of hydrogen-bond acceptors (Lipinski definition) is 2. The molecular weight excluding hydrogens is 228 g/mol.